The Kier molecular flexibility index (Phi) is 3.89. The smallest absolute Gasteiger partial charge is 0.0340 e. The van der Waals surface area contributed by atoms with Gasteiger partial charge in [-0.15, -0.1) is 0 Å². The molecule has 0 radical (unpaired) electrons. The first-order chi connectivity index (χ1) is 7.95. The summed E-state index contributed by atoms with van der Waals surface area (Å²) in [5.74, 6) is 0. The standard InChI is InChI=1S/C15H15N/c1-2-7-14(8-3-1)9-4-5-10-15-11-6-12-16-13-15/h1-3,5-8,10-13H,4,9H2/b10-5-. The van der Waals surface area contributed by atoms with Crippen LogP contribution in [0.2, 0.25) is 0 Å². The van der Waals surface area contributed by atoms with Crippen LogP contribution in [0, 0.1) is 0 Å². The van der Waals surface area contributed by atoms with Crippen LogP contribution in [-0.4, -0.2) is 4.98 Å². The molecule has 0 spiro atoms. The Morgan fingerprint density at radius 2 is 1.88 bits per heavy atom. The monoisotopic (exact) mass is 209 g/mol. The molecule has 80 valence electrons. The molecule has 0 aliphatic rings. The van der Waals surface area contributed by atoms with Gasteiger partial charge >= 0.3 is 0 Å². The van der Waals surface area contributed by atoms with Gasteiger partial charge in [-0.3, -0.25) is 4.98 Å². The normalized spacial score (nSPS) is 10.8. The van der Waals surface area contributed by atoms with Crippen molar-refractivity contribution < 1.29 is 0 Å². The fourth-order valence-electron chi connectivity index (χ4n) is 1.59. The highest BCUT2D eigenvalue weighted by atomic mass is 14.6. The Morgan fingerprint density at radius 1 is 1.00 bits per heavy atom. The molecule has 2 aromatic rings. The number of hydrogen-bond acceptors (Lipinski definition) is 1. The van der Waals surface area contributed by atoms with E-state index >= 15 is 0 Å². The molecule has 0 atom stereocenters. The van der Waals surface area contributed by atoms with Crippen LogP contribution in [0.4, 0.5) is 0 Å². The van der Waals surface area contributed by atoms with E-state index in [0.29, 0.717) is 0 Å². The second-order valence-electron chi connectivity index (χ2n) is 3.71. The van der Waals surface area contributed by atoms with Crippen molar-refractivity contribution in [1.82, 2.24) is 4.98 Å². The summed E-state index contributed by atoms with van der Waals surface area (Å²) in [6.07, 6.45) is 10.1. The number of hydrogen-bond donors (Lipinski definition) is 0. The Balaban J connectivity index is 1.83. The molecule has 0 aliphatic heterocycles. The molecule has 0 saturated heterocycles. The maximum Gasteiger partial charge on any atom is 0.0340 e. The third-order valence-electron chi connectivity index (χ3n) is 2.44. The van der Waals surface area contributed by atoms with E-state index in [1.807, 2.05) is 12.3 Å². The van der Waals surface area contributed by atoms with Crippen LogP contribution in [0.25, 0.3) is 6.08 Å². The molecule has 0 bridgehead atoms. The van der Waals surface area contributed by atoms with Crippen LogP contribution in [0.15, 0.2) is 60.9 Å². The van der Waals surface area contributed by atoms with E-state index in [-0.39, 0.29) is 0 Å². The lowest BCUT2D eigenvalue weighted by Crippen LogP contribution is -1.81. The van der Waals surface area contributed by atoms with Crippen molar-refractivity contribution in [2.75, 3.05) is 0 Å². The lowest BCUT2D eigenvalue weighted by molar-refractivity contribution is 1.01. The van der Waals surface area contributed by atoms with Crippen molar-refractivity contribution in [3.8, 4) is 0 Å². The van der Waals surface area contributed by atoms with Gasteiger partial charge in [-0.2, -0.15) is 0 Å². The molecular weight excluding hydrogens is 194 g/mol. The van der Waals surface area contributed by atoms with Crippen LogP contribution in [-0.2, 0) is 6.42 Å². The summed E-state index contributed by atoms with van der Waals surface area (Å²) in [5, 5.41) is 0. The molecule has 1 aromatic carbocycles. The van der Waals surface area contributed by atoms with Crippen LogP contribution < -0.4 is 0 Å². The van der Waals surface area contributed by atoms with Gasteiger partial charge in [0, 0.05) is 12.4 Å². The number of benzene rings is 1. The molecule has 0 unspecified atom stereocenters. The second-order valence-corrected chi connectivity index (χ2v) is 3.71. The van der Waals surface area contributed by atoms with E-state index in [9.17, 15) is 0 Å². The first kappa shape index (κ1) is 10.6. The largest absolute Gasteiger partial charge is 0.264 e. The van der Waals surface area contributed by atoms with E-state index < -0.39 is 0 Å². The van der Waals surface area contributed by atoms with Gasteiger partial charge in [-0.1, -0.05) is 48.6 Å². The lowest BCUT2D eigenvalue weighted by atomic mass is 10.1. The summed E-state index contributed by atoms with van der Waals surface area (Å²) in [4.78, 5) is 4.07. The minimum atomic E-state index is 1.07. The van der Waals surface area contributed by atoms with Gasteiger partial charge in [-0.25, -0.2) is 0 Å². The van der Waals surface area contributed by atoms with Crippen LogP contribution in [0.3, 0.4) is 0 Å². The van der Waals surface area contributed by atoms with E-state index in [0.717, 1.165) is 18.4 Å². The molecule has 0 saturated carbocycles. The van der Waals surface area contributed by atoms with Gasteiger partial charge < -0.3 is 0 Å². The average molecular weight is 209 g/mol. The van der Waals surface area contributed by atoms with Gasteiger partial charge in [0.2, 0.25) is 0 Å². The molecule has 0 aliphatic carbocycles. The maximum absolute atomic E-state index is 4.07. The Hall–Kier alpha value is -1.89. The Morgan fingerprint density at radius 3 is 2.62 bits per heavy atom. The quantitative estimate of drug-likeness (QED) is 0.747. The molecule has 1 aromatic heterocycles. The van der Waals surface area contributed by atoms with E-state index in [1.165, 1.54) is 5.56 Å². The average Bonchev–Trinajstić information content (AvgIpc) is 2.37. The molecule has 16 heavy (non-hydrogen) atoms. The molecule has 2 rings (SSSR count). The maximum atomic E-state index is 4.07. The number of allylic oxidation sites excluding steroid dienone is 1. The van der Waals surface area contributed by atoms with Crippen LogP contribution in [0.1, 0.15) is 17.5 Å². The highest BCUT2D eigenvalue weighted by molar-refractivity contribution is 5.47. The van der Waals surface area contributed by atoms with Crippen LogP contribution in [0.5, 0.6) is 0 Å². The first-order valence-corrected chi connectivity index (χ1v) is 5.55. The fraction of sp³-hybridized carbons (Fsp3) is 0.133. The second kappa shape index (κ2) is 5.86. The summed E-state index contributed by atoms with van der Waals surface area (Å²) in [7, 11) is 0. The van der Waals surface area contributed by atoms with E-state index in [4.69, 9.17) is 0 Å². The highest BCUT2D eigenvalue weighted by Crippen LogP contribution is 2.05. The number of pyridine rings is 1. The first-order valence-electron chi connectivity index (χ1n) is 5.55. The van der Waals surface area contributed by atoms with Crippen LogP contribution >= 0.6 is 0 Å². The van der Waals surface area contributed by atoms with Gasteiger partial charge in [0.25, 0.3) is 0 Å². The Bertz CT molecular complexity index is 432. The summed E-state index contributed by atoms with van der Waals surface area (Å²) in [6.45, 7) is 0. The number of nitrogens with zero attached hydrogens (tertiary/aromatic N) is 1. The van der Waals surface area contributed by atoms with E-state index in [2.05, 4.69) is 53.5 Å². The van der Waals surface area contributed by atoms with Crippen molar-refractivity contribution in [1.29, 1.82) is 0 Å². The number of aryl methyl sites for hydroxylation is 1. The molecule has 1 nitrogen and oxygen atoms in total. The van der Waals surface area contributed by atoms with Gasteiger partial charge in [0.1, 0.15) is 0 Å². The Labute approximate surface area is 96.5 Å². The zero-order valence-corrected chi connectivity index (χ0v) is 9.21. The predicted octanol–water partition coefficient (Wildman–Crippen LogP) is 3.73. The number of aromatic nitrogens is 1. The summed E-state index contributed by atoms with van der Waals surface area (Å²) < 4.78 is 0. The molecule has 1 heterocycles. The minimum Gasteiger partial charge on any atom is -0.264 e. The zero-order chi connectivity index (χ0) is 11.1. The number of rotatable bonds is 4. The van der Waals surface area contributed by atoms with E-state index in [1.54, 1.807) is 6.20 Å². The fourth-order valence-corrected chi connectivity index (χ4v) is 1.59. The third-order valence-corrected chi connectivity index (χ3v) is 2.44. The van der Waals surface area contributed by atoms with Crippen molar-refractivity contribution in [2.45, 2.75) is 12.8 Å². The minimum absolute atomic E-state index is 1.07. The molecular formula is C15H15N. The predicted molar refractivity (Wildman–Crippen MR) is 68.0 cm³/mol. The SMILES string of the molecule is C(=C/c1cccnc1)/CCc1ccccc1. The highest BCUT2D eigenvalue weighted by Gasteiger charge is 1.88. The molecule has 0 N–H and O–H groups in total. The van der Waals surface area contributed by atoms with Crippen molar-refractivity contribution in [3.63, 3.8) is 0 Å². The molecule has 0 fully saturated rings. The van der Waals surface area contributed by atoms with Gasteiger partial charge in [0.05, 0.1) is 0 Å². The zero-order valence-electron chi connectivity index (χ0n) is 9.21. The summed E-state index contributed by atoms with van der Waals surface area (Å²) in [6, 6.07) is 14.6. The van der Waals surface area contributed by atoms with Gasteiger partial charge in [0.15, 0.2) is 0 Å². The van der Waals surface area contributed by atoms with Gasteiger partial charge in [-0.05, 0) is 30.0 Å². The molecule has 0 amide bonds. The summed E-state index contributed by atoms with van der Waals surface area (Å²) in [5.41, 5.74) is 2.55. The van der Waals surface area contributed by atoms with Crippen molar-refractivity contribution in [2.24, 2.45) is 0 Å². The third kappa shape index (κ3) is 3.35. The van der Waals surface area contributed by atoms with Crippen molar-refractivity contribution >= 4 is 6.08 Å². The molecule has 1 heteroatoms. The van der Waals surface area contributed by atoms with Crippen molar-refractivity contribution in [3.05, 3.63) is 72.1 Å². The lowest BCUT2D eigenvalue weighted by Gasteiger charge is -1.96. The topological polar surface area (TPSA) is 12.9 Å². The summed E-state index contributed by atoms with van der Waals surface area (Å²) >= 11 is 0.